The Morgan fingerprint density at radius 2 is 1.88 bits per heavy atom. The second kappa shape index (κ2) is 8.20. The van der Waals surface area contributed by atoms with Crippen LogP contribution in [0.4, 0.5) is 0 Å². The Labute approximate surface area is 155 Å². The quantitative estimate of drug-likeness (QED) is 0.689. The van der Waals surface area contributed by atoms with E-state index in [1.54, 1.807) is 18.2 Å². The molecular formula is C17H13Cl3N2O2. The molecule has 0 bridgehead atoms. The molecule has 0 saturated heterocycles. The van der Waals surface area contributed by atoms with E-state index < -0.39 is 0 Å². The van der Waals surface area contributed by atoms with E-state index in [4.69, 9.17) is 27.6 Å². The summed E-state index contributed by atoms with van der Waals surface area (Å²) in [4.78, 5) is 16.3. The first-order valence-electron chi connectivity index (χ1n) is 6.86. The second-order valence-electron chi connectivity index (χ2n) is 4.82. The maximum atomic E-state index is 12.1. The molecule has 0 fully saturated rings. The summed E-state index contributed by atoms with van der Waals surface area (Å²) >= 11 is 11.9. The van der Waals surface area contributed by atoms with Gasteiger partial charge in [-0.2, -0.15) is 0 Å². The van der Waals surface area contributed by atoms with E-state index in [0.717, 1.165) is 11.1 Å². The van der Waals surface area contributed by atoms with Crippen molar-refractivity contribution in [2.75, 3.05) is 0 Å². The first kappa shape index (κ1) is 18.3. The number of benzene rings is 2. The third-order valence-corrected chi connectivity index (χ3v) is 3.80. The average molecular weight is 384 g/mol. The predicted octanol–water partition coefficient (Wildman–Crippen LogP) is 5.00. The van der Waals surface area contributed by atoms with Crippen LogP contribution in [0, 0.1) is 0 Å². The summed E-state index contributed by atoms with van der Waals surface area (Å²) < 4.78 is 5.35. The summed E-state index contributed by atoms with van der Waals surface area (Å²) in [6.45, 7) is 0.280. The highest BCUT2D eigenvalue weighted by Crippen LogP contribution is 2.21. The van der Waals surface area contributed by atoms with Crippen molar-refractivity contribution in [3.8, 4) is 11.5 Å². The highest BCUT2D eigenvalue weighted by molar-refractivity contribution is 6.35. The molecule has 3 aromatic rings. The van der Waals surface area contributed by atoms with E-state index in [0.29, 0.717) is 15.9 Å². The number of carbonyl (C=O) groups excluding carboxylic acids is 1. The van der Waals surface area contributed by atoms with Crippen molar-refractivity contribution < 1.29 is 9.21 Å². The van der Waals surface area contributed by atoms with Gasteiger partial charge in [0.25, 0.3) is 5.91 Å². The fourth-order valence-corrected chi connectivity index (χ4v) is 2.50. The second-order valence-corrected chi connectivity index (χ2v) is 5.67. The van der Waals surface area contributed by atoms with Crippen molar-refractivity contribution in [2.45, 2.75) is 6.54 Å². The molecule has 2 aromatic carbocycles. The van der Waals surface area contributed by atoms with Gasteiger partial charge in [0, 0.05) is 22.2 Å². The van der Waals surface area contributed by atoms with Gasteiger partial charge in [-0.3, -0.25) is 4.79 Å². The van der Waals surface area contributed by atoms with E-state index >= 15 is 0 Å². The molecule has 0 aliphatic heterocycles. The van der Waals surface area contributed by atoms with E-state index in [2.05, 4.69) is 10.3 Å². The van der Waals surface area contributed by atoms with Crippen LogP contribution in [0.5, 0.6) is 0 Å². The number of carbonyl (C=O) groups is 1. The van der Waals surface area contributed by atoms with Crippen molar-refractivity contribution in [2.24, 2.45) is 0 Å². The lowest BCUT2D eigenvalue weighted by Crippen LogP contribution is -2.23. The minimum Gasteiger partial charge on any atom is -0.444 e. The number of nitrogens with zero attached hydrogens (tertiary/aromatic N) is 1. The molecular weight excluding hydrogens is 371 g/mol. The minimum atomic E-state index is -0.332. The van der Waals surface area contributed by atoms with Crippen LogP contribution in [0.1, 0.15) is 16.1 Å². The standard InChI is InChI=1S/C17H12Cl2N2O2.ClH/c18-13-7-6-12(14(19)8-13)9-20-16(22)15-10-23-17(21-15)11-4-2-1-3-5-11;/h1-8,10H,9H2,(H,20,22);1H. The highest BCUT2D eigenvalue weighted by atomic mass is 35.5. The first-order chi connectivity index (χ1) is 11.1. The lowest BCUT2D eigenvalue weighted by Gasteiger charge is -2.05. The molecule has 4 nitrogen and oxygen atoms in total. The van der Waals surface area contributed by atoms with E-state index in [9.17, 15) is 4.79 Å². The molecule has 0 radical (unpaired) electrons. The van der Waals surface area contributed by atoms with Crippen LogP contribution in [0.2, 0.25) is 10.0 Å². The van der Waals surface area contributed by atoms with E-state index in [1.165, 1.54) is 6.26 Å². The van der Waals surface area contributed by atoms with Crippen molar-refractivity contribution >= 4 is 41.5 Å². The van der Waals surface area contributed by atoms with Crippen LogP contribution in [0.15, 0.2) is 59.2 Å². The predicted molar refractivity (Wildman–Crippen MR) is 96.8 cm³/mol. The highest BCUT2D eigenvalue weighted by Gasteiger charge is 2.13. The van der Waals surface area contributed by atoms with E-state index in [-0.39, 0.29) is 30.6 Å². The van der Waals surface area contributed by atoms with Crippen LogP contribution in [0.25, 0.3) is 11.5 Å². The number of hydrogen-bond donors (Lipinski definition) is 1. The lowest BCUT2D eigenvalue weighted by molar-refractivity contribution is 0.0946. The van der Waals surface area contributed by atoms with Gasteiger partial charge in [0.05, 0.1) is 0 Å². The maximum Gasteiger partial charge on any atom is 0.273 e. The Kier molecular flexibility index (Phi) is 6.26. The fraction of sp³-hybridized carbons (Fsp3) is 0.0588. The number of nitrogens with one attached hydrogen (secondary N) is 1. The molecule has 0 aliphatic carbocycles. The smallest absolute Gasteiger partial charge is 0.273 e. The topological polar surface area (TPSA) is 55.1 Å². The zero-order chi connectivity index (χ0) is 16.2. The molecule has 1 aromatic heterocycles. The molecule has 1 N–H and O–H groups in total. The normalized spacial score (nSPS) is 10.1. The summed E-state index contributed by atoms with van der Waals surface area (Å²) in [5.41, 5.74) is 1.80. The molecule has 24 heavy (non-hydrogen) atoms. The van der Waals surface area contributed by atoms with Crippen molar-refractivity contribution in [3.63, 3.8) is 0 Å². The molecule has 0 saturated carbocycles. The van der Waals surface area contributed by atoms with E-state index in [1.807, 2.05) is 30.3 Å². The molecule has 0 unspecified atom stereocenters. The lowest BCUT2D eigenvalue weighted by atomic mass is 10.2. The number of aromatic nitrogens is 1. The zero-order valence-electron chi connectivity index (χ0n) is 12.3. The van der Waals surface area contributed by atoms with Crippen LogP contribution in [0.3, 0.4) is 0 Å². The summed E-state index contributed by atoms with van der Waals surface area (Å²) in [5, 5.41) is 3.80. The number of hydrogen-bond acceptors (Lipinski definition) is 3. The summed E-state index contributed by atoms with van der Waals surface area (Å²) in [5.74, 6) is 0.0715. The van der Waals surface area contributed by atoms with Crippen LogP contribution >= 0.6 is 35.6 Å². The number of halogens is 3. The maximum absolute atomic E-state index is 12.1. The Hall–Kier alpha value is -2.01. The Balaban J connectivity index is 0.00000208. The molecule has 124 valence electrons. The van der Waals surface area contributed by atoms with Gasteiger partial charge >= 0.3 is 0 Å². The Morgan fingerprint density at radius 1 is 1.12 bits per heavy atom. The van der Waals surface area contributed by atoms with Gasteiger partial charge in [-0.05, 0) is 29.8 Å². The number of rotatable bonds is 4. The molecule has 7 heteroatoms. The van der Waals surface area contributed by atoms with Crippen LogP contribution in [-0.2, 0) is 6.54 Å². The van der Waals surface area contributed by atoms with Gasteiger partial charge in [0.15, 0.2) is 5.69 Å². The monoisotopic (exact) mass is 382 g/mol. The molecule has 0 atom stereocenters. The van der Waals surface area contributed by atoms with Gasteiger partial charge in [0.1, 0.15) is 6.26 Å². The number of oxazole rings is 1. The molecule has 3 rings (SSSR count). The molecule has 0 aliphatic rings. The summed E-state index contributed by atoms with van der Waals surface area (Å²) in [7, 11) is 0. The molecule has 0 spiro atoms. The minimum absolute atomic E-state index is 0. The third kappa shape index (κ3) is 4.29. The van der Waals surface area contributed by atoms with Gasteiger partial charge < -0.3 is 9.73 Å². The summed E-state index contributed by atoms with van der Waals surface area (Å²) in [6.07, 6.45) is 1.33. The van der Waals surface area contributed by atoms with Gasteiger partial charge in [-0.25, -0.2) is 4.98 Å². The fourth-order valence-electron chi connectivity index (χ4n) is 2.02. The zero-order valence-corrected chi connectivity index (χ0v) is 14.7. The Morgan fingerprint density at radius 3 is 2.58 bits per heavy atom. The molecule has 1 amide bonds. The van der Waals surface area contributed by atoms with Crippen LogP contribution < -0.4 is 5.32 Å². The Bertz CT molecular complexity index is 835. The van der Waals surface area contributed by atoms with Crippen molar-refractivity contribution in [1.29, 1.82) is 0 Å². The van der Waals surface area contributed by atoms with Crippen LogP contribution in [-0.4, -0.2) is 10.9 Å². The first-order valence-corrected chi connectivity index (χ1v) is 7.62. The SMILES string of the molecule is Cl.O=C(NCc1ccc(Cl)cc1Cl)c1coc(-c2ccccc2)n1. The third-order valence-electron chi connectivity index (χ3n) is 3.21. The van der Waals surface area contributed by atoms with Gasteiger partial charge in [-0.15, -0.1) is 12.4 Å². The van der Waals surface area contributed by atoms with Crippen molar-refractivity contribution in [1.82, 2.24) is 10.3 Å². The van der Waals surface area contributed by atoms with Gasteiger partial charge in [0.2, 0.25) is 5.89 Å². The molecule has 1 heterocycles. The summed E-state index contributed by atoms with van der Waals surface area (Å²) in [6, 6.07) is 14.5. The van der Waals surface area contributed by atoms with Gasteiger partial charge in [-0.1, -0.05) is 47.5 Å². The average Bonchev–Trinajstić information content (AvgIpc) is 3.05. The largest absolute Gasteiger partial charge is 0.444 e. The van der Waals surface area contributed by atoms with Crippen molar-refractivity contribution in [3.05, 3.63) is 76.1 Å². The number of amides is 1.